The molecule has 0 spiro atoms. The van der Waals surface area contributed by atoms with Crippen LogP contribution in [0.15, 0.2) is 157 Å². The molecule has 2 atom stereocenters. The molecule has 0 radical (unpaired) electrons. The van der Waals surface area contributed by atoms with E-state index in [-0.39, 0.29) is 0 Å². The zero-order valence-corrected chi connectivity index (χ0v) is 73.7. The molecular formula is C92H102Cl4N12S5. The van der Waals surface area contributed by atoms with E-state index < -0.39 is 0 Å². The van der Waals surface area contributed by atoms with Crippen LogP contribution < -0.4 is 0 Å². The smallest absolute Gasteiger partial charge is 0.0956 e. The van der Waals surface area contributed by atoms with E-state index in [1.807, 2.05) is 54.3 Å². The second kappa shape index (κ2) is 35.1. The summed E-state index contributed by atoms with van der Waals surface area (Å²) in [5.74, 6) is 0. The summed E-state index contributed by atoms with van der Waals surface area (Å²) in [6.07, 6.45) is 16.9. The van der Waals surface area contributed by atoms with Crippen molar-refractivity contribution in [1.29, 1.82) is 0 Å². The van der Waals surface area contributed by atoms with Gasteiger partial charge in [-0.15, -0.1) is 56.7 Å². The number of likely N-dealkylation sites (N-methyl/N-ethyl adjacent to an activating group) is 5. The Morgan fingerprint density at radius 2 is 0.965 bits per heavy atom. The molecule has 0 fully saturated rings. The van der Waals surface area contributed by atoms with Crippen LogP contribution in [0.3, 0.4) is 0 Å². The molecule has 2 unspecified atom stereocenters. The van der Waals surface area contributed by atoms with Crippen molar-refractivity contribution in [2.75, 3.05) is 61.4 Å². The molecule has 12 aromatic heterocycles. The summed E-state index contributed by atoms with van der Waals surface area (Å²) in [6, 6.07) is 48.0. The van der Waals surface area contributed by atoms with E-state index in [0.29, 0.717) is 12.1 Å². The number of halogens is 4. The number of rotatable bonds is 14. The standard InChI is InChI=1S/C22H27ClN2S.C20H25N3S.C18H19ClN2S.C17H17ClN2S.C15H14ClN3S/c1-14-11-19-21(16(3)24(14)4)22-20(12-15(2)26-22)25(19)10-6-8-17-7-5-9-18(23)13-17;1-14-13-24-20-17-12-22(3)10-8-18(17)23(19(14)20)9-4-5-16-7-6-15(2)21-11-16;1-20-9-8-15-14(12-20)18-16(11-17(19)22-18)21(15)10-7-13-5-3-2-4-6-13;1-19-8-7-14-13(11-19)17-15(9-16(18)21-17)20(14)10-12-5-3-2-4-6-12;1-18-7-4-12-11(9-18)15-13(8-14(16)20-15)19(12)10-2-5-17-6-3-10/h5,7,9,12-14,16H,6,8,10-11H2,1-4H3;6-7,11,13H,4-5,8-10,12H2,1-3H3;2-6,11H,7-10,12H2,1H3;2-6,9H,7-8,10-11H2,1H3;2-3,5-6,8H,4,7,9H2,1H3. The Morgan fingerprint density at radius 1 is 0.451 bits per heavy atom. The maximum atomic E-state index is 6.28. The molecule has 20 rings (SSSR count). The lowest BCUT2D eigenvalue weighted by Gasteiger charge is -2.36. The average molecular weight is 1680 g/mol. The van der Waals surface area contributed by atoms with E-state index in [0.717, 1.165) is 147 Å². The van der Waals surface area contributed by atoms with Gasteiger partial charge in [0.25, 0.3) is 0 Å². The molecule has 15 aromatic rings. The Balaban J connectivity index is 0.000000107. The van der Waals surface area contributed by atoms with Gasteiger partial charge in [-0.2, -0.15) is 0 Å². The number of nitrogens with zero attached hydrogens (tertiary/aromatic N) is 12. The second-order valence-electron chi connectivity index (χ2n) is 31.8. The van der Waals surface area contributed by atoms with Gasteiger partial charge in [-0.25, -0.2) is 0 Å². The van der Waals surface area contributed by atoms with Gasteiger partial charge in [0.2, 0.25) is 0 Å². The van der Waals surface area contributed by atoms with Gasteiger partial charge in [0.1, 0.15) is 0 Å². The Kier molecular flexibility index (Phi) is 24.8. The van der Waals surface area contributed by atoms with Crippen LogP contribution >= 0.6 is 103 Å². The number of thiophene rings is 5. The second-order valence-corrected chi connectivity index (χ2v) is 39.4. The van der Waals surface area contributed by atoms with Gasteiger partial charge in [0.05, 0.1) is 64.1 Å². The Labute approximate surface area is 706 Å². The zero-order valence-electron chi connectivity index (χ0n) is 66.6. The normalized spacial score (nSPS) is 16.6. The van der Waals surface area contributed by atoms with Gasteiger partial charge in [0.15, 0.2) is 0 Å². The molecule has 113 heavy (non-hydrogen) atoms. The Morgan fingerprint density at radius 3 is 1.58 bits per heavy atom. The van der Waals surface area contributed by atoms with Gasteiger partial charge in [-0.1, -0.05) is 125 Å². The molecule has 3 aromatic carbocycles. The molecule has 0 N–H and O–H groups in total. The van der Waals surface area contributed by atoms with E-state index >= 15 is 0 Å². The minimum absolute atomic E-state index is 0.489. The predicted molar refractivity (Wildman–Crippen MR) is 485 cm³/mol. The molecule has 588 valence electrons. The highest BCUT2D eigenvalue weighted by Gasteiger charge is 2.34. The van der Waals surface area contributed by atoms with E-state index in [4.69, 9.17) is 46.4 Å². The maximum Gasteiger partial charge on any atom is 0.0956 e. The first-order valence-corrected chi connectivity index (χ1v) is 45.6. The summed E-state index contributed by atoms with van der Waals surface area (Å²) in [4.78, 5) is 22.1. The molecule has 0 saturated carbocycles. The van der Waals surface area contributed by atoms with E-state index in [2.05, 4.69) is 253 Å². The number of hydrogen-bond acceptors (Lipinski definition) is 12. The molecule has 21 heteroatoms. The molecule has 0 amide bonds. The third-order valence-corrected chi connectivity index (χ3v) is 30.2. The van der Waals surface area contributed by atoms with Crippen LogP contribution in [0.4, 0.5) is 0 Å². The van der Waals surface area contributed by atoms with Gasteiger partial charge in [-0.05, 0) is 190 Å². The Bertz CT molecular complexity index is 5810. The summed E-state index contributed by atoms with van der Waals surface area (Å²) < 4.78 is 22.3. The van der Waals surface area contributed by atoms with E-state index in [1.165, 1.54) is 143 Å². The fraction of sp³-hybridized carbons (Fsp3) is 0.370. The molecule has 5 aliphatic rings. The van der Waals surface area contributed by atoms with Gasteiger partial charge in [0, 0.05) is 219 Å². The maximum absolute atomic E-state index is 6.28. The summed E-state index contributed by atoms with van der Waals surface area (Å²) in [5, 5.41) is 3.15. The topological polar surface area (TPSA) is 66.6 Å². The van der Waals surface area contributed by atoms with Crippen LogP contribution in [-0.4, -0.2) is 125 Å². The van der Waals surface area contributed by atoms with Crippen LogP contribution in [0, 0.1) is 20.8 Å². The number of hydrogen-bond donors (Lipinski definition) is 0. The van der Waals surface area contributed by atoms with Gasteiger partial charge >= 0.3 is 0 Å². The monoisotopic (exact) mass is 1670 g/mol. The lowest BCUT2D eigenvalue weighted by Crippen LogP contribution is -2.38. The van der Waals surface area contributed by atoms with E-state index in [1.54, 1.807) is 56.5 Å². The van der Waals surface area contributed by atoms with Crippen molar-refractivity contribution in [2.45, 2.75) is 163 Å². The predicted octanol–water partition coefficient (Wildman–Crippen LogP) is 23.3. The van der Waals surface area contributed by atoms with Crippen molar-refractivity contribution < 1.29 is 0 Å². The van der Waals surface area contributed by atoms with Crippen molar-refractivity contribution in [3.05, 3.63) is 270 Å². The highest BCUT2D eigenvalue weighted by Crippen LogP contribution is 2.46. The largest absolute Gasteiger partial charge is 0.343 e. The number of pyridine rings is 2. The first kappa shape index (κ1) is 79.9. The highest BCUT2D eigenvalue weighted by atomic mass is 35.5. The summed E-state index contributed by atoms with van der Waals surface area (Å²) in [5.41, 5.74) is 31.0. The molecule has 0 aliphatic carbocycles. The number of aryl methyl sites for hydroxylation is 9. The average Bonchev–Trinajstić information content (AvgIpc) is 1.60. The van der Waals surface area contributed by atoms with Crippen molar-refractivity contribution in [2.24, 2.45) is 0 Å². The SMILES string of the molecule is CN1CCc2c(c3sc(Cl)cc3n2-c2ccncc2)C1.CN1CCc2c(c3sc(Cl)cc3n2CCc2ccccc2)C1.CN1CCc2c(c3sc(Cl)cc3n2Cc2ccccc2)C1.Cc1cc2c(s1)c1c(n2CCCc2cccc(Cl)c2)CC(C)N(C)C1C.Cc1ccc(CCCn2c3c(c4scc(C)c42)CN(C)CC3)cn1. The summed E-state index contributed by atoms with van der Waals surface area (Å²) >= 11 is 34.0. The van der Waals surface area contributed by atoms with Crippen molar-refractivity contribution in [3.8, 4) is 5.69 Å². The minimum Gasteiger partial charge on any atom is -0.343 e. The molecule has 5 aliphatic heterocycles. The molecule has 17 heterocycles. The zero-order chi connectivity index (χ0) is 78.3. The number of benzene rings is 3. The van der Waals surface area contributed by atoms with Crippen LogP contribution in [0.25, 0.3) is 56.8 Å². The lowest BCUT2D eigenvalue weighted by molar-refractivity contribution is 0.177. The van der Waals surface area contributed by atoms with Crippen molar-refractivity contribution in [3.63, 3.8) is 0 Å². The third kappa shape index (κ3) is 17.2. The van der Waals surface area contributed by atoms with Gasteiger partial charge in [-0.3, -0.25) is 14.9 Å². The summed E-state index contributed by atoms with van der Waals surface area (Å²) in [7, 11) is 11.1. The van der Waals surface area contributed by atoms with E-state index in [9.17, 15) is 0 Å². The summed E-state index contributed by atoms with van der Waals surface area (Å²) in [6.45, 7) is 24.1. The fourth-order valence-electron chi connectivity index (χ4n) is 17.9. The first-order valence-electron chi connectivity index (χ1n) is 40.0. The molecule has 12 nitrogen and oxygen atoms in total. The van der Waals surface area contributed by atoms with Crippen LogP contribution in [0.2, 0.25) is 18.0 Å². The minimum atomic E-state index is 0.489. The number of aromatic nitrogens is 7. The molecule has 0 bridgehead atoms. The first-order chi connectivity index (χ1) is 54.8. The van der Waals surface area contributed by atoms with Crippen molar-refractivity contribution in [1.82, 2.24) is 57.3 Å². The lowest BCUT2D eigenvalue weighted by atomic mass is 9.95. The quantitative estimate of drug-likeness (QED) is 0.107. The Hall–Kier alpha value is -6.88. The van der Waals surface area contributed by atoms with Crippen LogP contribution in [0.5, 0.6) is 0 Å². The van der Waals surface area contributed by atoms with Crippen LogP contribution in [0.1, 0.15) is 127 Å². The molecular weight excluding hydrogens is 1580 g/mol. The fourth-order valence-corrected chi connectivity index (χ4v) is 24.2. The highest BCUT2D eigenvalue weighted by molar-refractivity contribution is 7.23. The van der Waals surface area contributed by atoms with Crippen molar-refractivity contribution >= 4 is 154 Å². The van der Waals surface area contributed by atoms with Gasteiger partial charge < -0.3 is 42.4 Å². The molecule has 0 saturated heterocycles. The number of fused-ring (bicyclic) bond motifs is 15. The van der Waals surface area contributed by atoms with Crippen LogP contribution in [-0.2, 0) is 104 Å². The third-order valence-electron chi connectivity index (χ3n) is 23.8.